The lowest BCUT2D eigenvalue weighted by atomic mass is 10.0. The Hall–Kier alpha value is -0.330. The maximum Gasteiger partial charge on any atom is 0.240 e. The van der Waals surface area contributed by atoms with Gasteiger partial charge < -0.3 is 5.11 Å². The summed E-state index contributed by atoms with van der Waals surface area (Å²) in [6.45, 7) is 3.68. The molecule has 1 atom stereocenters. The number of aliphatic hydroxyl groups excluding tert-OH is 1. The van der Waals surface area contributed by atoms with E-state index in [4.69, 9.17) is 28.3 Å². The first-order valence-corrected chi connectivity index (χ1v) is 8.09. The predicted octanol–water partition coefficient (Wildman–Crippen LogP) is 2.68. The van der Waals surface area contributed by atoms with Crippen molar-refractivity contribution in [1.29, 1.82) is 0 Å². The molecule has 2 N–H and O–H groups in total. The summed E-state index contributed by atoms with van der Waals surface area (Å²) < 4.78 is 27.0. The normalized spacial score (nSPS) is 13.8. The van der Waals surface area contributed by atoms with E-state index in [1.54, 1.807) is 0 Å². The van der Waals surface area contributed by atoms with Crippen LogP contribution in [-0.4, -0.2) is 26.2 Å². The van der Waals surface area contributed by atoms with Gasteiger partial charge in [-0.25, -0.2) is 13.1 Å². The number of rotatable bonds is 6. The van der Waals surface area contributed by atoms with Gasteiger partial charge in [-0.2, -0.15) is 0 Å². The van der Waals surface area contributed by atoms with Crippen molar-refractivity contribution >= 4 is 33.2 Å². The molecule has 0 heterocycles. The highest BCUT2D eigenvalue weighted by Crippen LogP contribution is 2.23. The Morgan fingerprint density at radius 2 is 1.74 bits per heavy atom. The third-order valence-electron chi connectivity index (χ3n) is 2.70. The SMILES string of the molecule is CC(C)C(CCO)NS(=O)(=O)c1cc(Cl)cc(Cl)c1. The Kier molecular flexibility index (Phi) is 6.08. The lowest BCUT2D eigenvalue weighted by molar-refractivity contribution is 0.256. The zero-order valence-corrected chi connectivity index (χ0v) is 13.1. The van der Waals surface area contributed by atoms with Gasteiger partial charge in [-0.15, -0.1) is 0 Å². The first-order valence-electron chi connectivity index (χ1n) is 5.85. The second kappa shape index (κ2) is 6.90. The van der Waals surface area contributed by atoms with Gasteiger partial charge in [0.2, 0.25) is 10.0 Å². The predicted molar refractivity (Wildman–Crippen MR) is 77.1 cm³/mol. The maximum atomic E-state index is 12.2. The molecule has 4 nitrogen and oxygen atoms in total. The third kappa shape index (κ3) is 4.93. The van der Waals surface area contributed by atoms with E-state index in [2.05, 4.69) is 4.72 Å². The lowest BCUT2D eigenvalue weighted by Crippen LogP contribution is -2.39. The summed E-state index contributed by atoms with van der Waals surface area (Å²) in [5, 5.41) is 9.48. The number of hydrogen-bond acceptors (Lipinski definition) is 3. The smallest absolute Gasteiger partial charge is 0.240 e. The molecule has 1 unspecified atom stereocenters. The van der Waals surface area contributed by atoms with Crippen LogP contribution in [0.4, 0.5) is 0 Å². The summed E-state index contributed by atoms with van der Waals surface area (Å²) in [5.74, 6) is 0.0663. The van der Waals surface area contributed by atoms with Crippen molar-refractivity contribution in [2.24, 2.45) is 5.92 Å². The molecule has 1 aromatic carbocycles. The van der Waals surface area contributed by atoms with Gasteiger partial charge in [-0.1, -0.05) is 37.0 Å². The fourth-order valence-electron chi connectivity index (χ4n) is 1.62. The summed E-state index contributed by atoms with van der Waals surface area (Å²) in [5.41, 5.74) is 0. The molecule has 0 saturated carbocycles. The zero-order valence-electron chi connectivity index (χ0n) is 10.7. The number of nitrogens with one attached hydrogen (secondary N) is 1. The molecule has 0 fully saturated rings. The van der Waals surface area contributed by atoms with Crippen LogP contribution in [0.5, 0.6) is 0 Å². The van der Waals surface area contributed by atoms with Gasteiger partial charge in [0.05, 0.1) is 4.90 Å². The second-order valence-electron chi connectivity index (χ2n) is 4.59. The van der Waals surface area contributed by atoms with Crippen LogP contribution in [-0.2, 0) is 10.0 Å². The summed E-state index contributed by atoms with van der Waals surface area (Å²) in [7, 11) is -3.70. The molecule has 0 bridgehead atoms. The number of aliphatic hydroxyl groups is 1. The number of benzene rings is 1. The van der Waals surface area contributed by atoms with Gasteiger partial charge >= 0.3 is 0 Å². The van der Waals surface area contributed by atoms with Crippen LogP contribution in [0.25, 0.3) is 0 Å². The number of sulfonamides is 1. The first kappa shape index (κ1) is 16.7. The molecule has 7 heteroatoms. The summed E-state index contributed by atoms with van der Waals surface area (Å²) in [6, 6.07) is 3.81. The van der Waals surface area contributed by atoms with Crippen molar-refractivity contribution < 1.29 is 13.5 Å². The average molecular weight is 326 g/mol. The molecular formula is C12H17Cl2NO3S. The summed E-state index contributed by atoms with van der Waals surface area (Å²) in [6.07, 6.45) is 0.352. The third-order valence-corrected chi connectivity index (χ3v) is 4.60. The molecule has 0 radical (unpaired) electrons. The number of halogens is 2. The van der Waals surface area contributed by atoms with Gasteiger partial charge in [-0.3, -0.25) is 0 Å². The topological polar surface area (TPSA) is 66.4 Å². The molecular weight excluding hydrogens is 309 g/mol. The van der Waals surface area contributed by atoms with Gasteiger partial charge in [-0.05, 0) is 30.5 Å². The minimum Gasteiger partial charge on any atom is -0.396 e. The zero-order chi connectivity index (χ0) is 14.6. The molecule has 0 saturated heterocycles. The fraction of sp³-hybridized carbons (Fsp3) is 0.500. The minimum atomic E-state index is -3.70. The Morgan fingerprint density at radius 3 is 2.16 bits per heavy atom. The molecule has 0 aromatic heterocycles. The van der Waals surface area contributed by atoms with Gasteiger partial charge in [0.15, 0.2) is 0 Å². The van der Waals surface area contributed by atoms with Crippen molar-refractivity contribution in [3.63, 3.8) is 0 Å². The van der Waals surface area contributed by atoms with E-state index in [1.165, 1.54) is 18.2 Å². The Labute approximate surface area is 123 Å². The first-order chi connectivity index (χ1) is 8.76. The Bertz CT molecular complexity index is 512. The van der Waals surface area contributed by atoms with Gasteiger partial charge in [0.25, 0.3) is 0 Å². The van der Waals surface area contributed by atoms with E-state index in [0.717, 1.165) is 0 Å². The van der Waals surface area contributed by atoms with Gasteiger partial charge in [0.1, 0.15) is 0 Å². The van der Waals surface area contributed by atoms with Crippen molar-refractivity contribution in [3.8, 4) is 0 Å². The minimum absolute atomic E-state index is 0.0218. The van der Waals surface area contributed by atoms with Crippen molar-refractivity contribution in [2.45, 2.75) is 31.2 Å². The van der Waals surface area contributed by atoms with Crippen LogP contribution >= 0.6 is 23.2 Å². The average Bonchev–Trinajstić information content (AvgIpc) is 2.26. The Balaban J connectivity index is 3.03. The molecule has 1 rings (SSSR count). The lowest BCUT2D eigenvalue weighted by Gasteiger charge is -2.21. The molecule has 0 spiro atoms. The highest BCUT2D eigenvalue weighted by molar-refractivity contribution is 7.89. The van der Waals surface area contributed by atoms with E-state index in [1.807, 2.05) is 13.8 Å². The fourth-order valence-corrected chi connectivity index (χ4v) is 3.76. The van der Waals surface area contributed by atoms with E-state index < -0.39 is 10.0 Å². The quantitative estimate of drug-likeness (QED) is 0.845. The van der Waals surface area contributed by atoms with Crippen molar-refractivity contribution in [2.75, 3.05) is 6.61 Å². The highest BCUT2D eigenvalue weighted by atomic mass is 35.5. The molecule has 0 aliphatic carbocycles. The van der Waals surface area contributed by atoms with Crippen LogP contribution in [0.15, 0.2) is 23.1 Å². The second-order valence-corrected chi connectivity index (χ2v) is 7.18. The highest BCUT2D eigenvalue weighted by Gasteiger charge is 2.22. The molecule has 0 aliphatic heterocycles. The van der Waals surface area contributed by atoms with Crippen LogP contribution in [0, 0.1) is 5.92 Å². The van der Waals surface area contributed by atoms with Crippen LogP contribution < -0.4 is 4.72 Å². The Morgan fingerprint density at radius 1 is 1.21 bits per heavy atom. The van der Waals surface area contributed by atoms with Crippen LogP contribution in [0.1, 0.15) is 20.3 Å². The molecule has 0 amide bonds. The summed E-state index contributed by atoms with van der Waals surface area (Å²) in [4.78, 5) is 0.0218. The summed E-state index contributed by atoms with van der Waals surface area (Å²) >= 11 is 11.6. The van der Waals surface area contributed by atoms with Crippen LogP contribution in [0.2, 0.25) is 10.0 Å². The molecule has 108 valence electrons. The van der Waals surface area contributed by atoms with E-state index >= 15 is 0 Å². The van der Waals surface area contributed by atoms with E-state index in [0.29, 0.717) is 6.42 Å². The largest absolute Gasteiger partial charge is 0.396 e. The maximum absolute atomic E-state index is 12.2. The molecule has 1 aromatic rings. The molecule has 19 heavy (non-hydrogen) atoms. The standard InChI is InChI=1S/C12H17Cl2NO3S/c1-8(2)12(3-4-16)15-19(17,18)11-6-9(13)5-10(14)7-11/h5-8,12,15-16H,3-4H2,1-2H3. The van der Waals surface area contributed by atoms with E-state index in [9.17, 15) is 8.42 Å². The van der Waals surface area contributed by atoms with E-state index in [-0.39, 0.29) is 33.5 Å². The number of hydrogen-bond donors (Lipinski definition) is 2. The van der Waals surface area contributed by atoms with Crippen molar-refractivity contribution in [3.05, 3.63) is 28.2 Å². The van der Waals surface area contributed by atoms with Gasteiger partial charge in [0, 0.05) is 22.7 Å². The molecule has 0 aliphatic rings. The van der Waals surface area contributed by atoms with Crippen LogP contribution in [0.3, 0.4) is 0 Å². The monoisotopic (exact) mass is 325 g/mol. The van der Waals surface area contributed by atoms with Crippen molar-refractivity contribution in [1.82, 2.24) is 4.72 Å².